The molecular weight excluding hydrogens is 398 g/mol. The topological polar surface area (TPSA) is 90.0 Å². The molecule has 9 heteroatoms. The van der Waals surface area contributed by atoms with Gasteiger partial charge in [-0.25, -0.2) is 12.4 Å². The van der Waals surface area contributed by atoms with Crippen molar-refractivity contribution in [1.82, 2.24) is 3.97 Å². The highest BCUT2D eigenvalue weighted by Gasteiger charge is 2.45. The van der Waals surface area contributed by atoms with Gasteiger partial charge in [-0.1, -0.05) is 37.3 Å². The Morgan fingerprint density at radius 1 is 1.18 bits per heavy atom. The number of hydrogen-bond donors (Lipinski definition) is 0. The number of methoxy groups -OCH3 is 1. The van der Waals surface area contributed by atoms with Gasteiger partial charge >= 0.3 is 5.97 Å². The Labute approximate surface area is 168 Å². The summed E-state index contributed by atoms with van der Waals surface area (Å²) in [5.41, 5.74) is 0.917. The highest BCUT2D eigenvalue weighted by atomic mass is 32.2. The molecule has 0 aliphatic heterocycles. The molecule has 1 aromatic rings. The average molecular weight is 428 g/mol. The van der Waals surface area contributed by atoms with Gasteiger partial charge in [0.15, 0.2) is 5.78 Å². The number of carbonyl (C=O) groups excluding carboxylic acids is 2. The van der Waals surface area contributed by atoms with Crippen LogP contribution in [0.15, 0.2) is 41.5 Å². The summed E-state index contributed by atoms with van der Waals surface area (Å²) < 4.78 is 37.9. The minimum Gasteiger partial charge on any atom is -0.504 e. The van der Waals surface area contributed by atoms with E-state index in [2.05, 4.69) is 0 Å². The van der Waals surface area contributed by atoms with Crippen molar-refractivity contribution in [3.8, 4) is 0 Å². The molecule has 7 nitrogen and oxygen atoms in total. The van der Waals surface area contributed by atoms with Crippen molar-refractivity contribution in [1.29, 1.82) is 0 Å². The summed E-state index contributed by atoms with van der Waals surface area (Å²) in [6, 6.07) is 5.16. The van der Waals surface area contributed by atoms with Gasteiger partial charge in [0.2, 0.25) is 10.0 Å². The second kappa shape index (κ2) is 9.99. The van der Waals surface area contributed by atoms with Crippen LogP contribution in [0, 0.1) is 6.92 Å². The van der Waals surface area contributed by atoms with E-state index in [0.717, 1.165) is 5.56 Å². The van der Waals surface area contributed by atoms with Gasteiger partial charge in [0.25, 0.3) is 0 Å². The van der Waals surface area contributed by atoms with Gasteiger partial charge in [-0.15, -0.1) is 0 Å². The lowest BCUT2D eigenvalue weighted by Crippen LogP contribution is -2.58. The van der Waals surface area contributed by atoms with E-state index in [0.29, 0.717) is 0 Å². The smallest absolute Gasteiger partial charge is 0.324 e. The largest absolute Gasteiger partial charge is 0.504 e. The molecule has 0 aromatic heterocycles. The molecule has 0 spiro atoms. The summed E-state index contributed by atoms with van der Waals surface area (Å²) in [4.78, 5) is 25.0. The average Bonchev–Trinajstić information content (AvgIpc) is 2.58. The maximum Gasteiger partial charge on any atom is 0.324 e. The second-order valence-corrected chi connectivity index (χ2v) is 14.2. The Morgan fingerprint density at radius 2 is 1.75 bits per heavy atom. The lowest BCUT2D eigenvalue weighted by molar-refractivity contribution is -0.147. The van der Waals surface area contributed by atoms with Crippen molar-refractivity contribution in [2.75, 3.05) is 13.7 Å². The van der Waals surface area contributed by atoms with Crippen LogP contribution in [0.2, 0.25) is 19.6 Å². The van der Waals surface area contributed by atoms with Gasteiger partial charge in [0.05, 0.1) is 24.9 Å². The Bertz CT molecular complexity index is 812. The number of sulfonamides is 1. The van der Waals surface area contributed by atoms with Crippen LogP contribution in [0.5, 0.6) is 0 Å². The molecule has 0 aliphatic rings. The highest BCUT2D eigenvalue weighted by molar-refractivity contribution is 7.90. The van der Waals surface area contributed by atoms with Gasteiger partial charge in [-0.05, 0) is 26.0 Å². The van der Waals surface area contributed by atoms with E-state index in [4.69, 9.17) is 9.47 Å². The standard InChI is InChI=1S/C19H29NO6SSi/c1-7-26-19(22)18(14-16(21)12-13-25-3)20(28(4,5)6)27(23,24)17-10-8-15(2)9-11-17/h8-13,18H,7,14H2,1-6H3/b13-12+. The predicted octanol–water partition coefficient (Wildman–Crippen LogP) is 2.87. The second-order valence-electron chi connectivity index (χ2n) is 7.26. The van der Waals surface area contributed by atoms with Gasteiger partial charge in [0.1, 0.15) is 14.3 Å². The Kier molecular flexibility index (Phi) is 8.59. The molecule has 0 bridgehead atoms. The molecular formula is C19H29NO6SSi. The Balaban J connectivity index is 3.49. The van der Waals surface area contributed by atoms with Crippen molar-refractivity contribution in [2.45, 2.75) is 50.8 Å². The Morgan fingerprint density at radius 3 is 2.21 bits per heavy atom. The van der Waals surface area contributed by atoms with Crippen LogP contribution in [0.25, 0.3) is 0 Å². The number of hydrogen-bond acceptors (Lipinski definition) is 6. The molecule has 0 aliphatic carbocycles. The van der Waals surface area contributed by atoms with Crippen LogP contribution in [-0.2, 0) is 29.1 Å². The van der Waals surface area contributed by atoms with Crippen molar-refractivity contribution >= 4 is 30.0 Å². The fraction of sp³-hybridized carbons (Fsp3) is 0.474. The van der Waals surface area contributed by atoms with Crippen LogP contribution in [-0.4, -0.2) is 52.1 Å². The maximum atomic E-state index is 13.4. The lowest BCUT2D eigenvalue weighted by Gasteiger charge is -2.37. The number of ether oxygens (including phenoxy) is 2. The van der Waals surface area contributed by atoms with Gasteiger partial charge < -0.3 is 9.47 Å². The van der Waals surface area contributed by atoms with E-state index >= 15 is 0 Å². The molecule has 0 heterocycles. The van der Waals surface area contributed by atoms with E-state index in [1.807, 2.05) is 6.92 Å². The van der Waals surface area contributed by atoms with Crippen molar-refractivity contribution < 1.29 is 27.5 Å². The molecule has 0 amide bonds. The first kappa shape index (κ1) is 24.1. The van der Waals surface area contributed by atoms with Crippen molar-refractivity contribution in [3.05, 3.63) is 42.2 Å². The number of nitrogens with zero attached hydrogens (tertiary/aromatic N) is 1. The summed E-state index contributed by atoms with van der Waals surface area (Å²) in [6.45, 7) is 8.99. The number of aryl methyl sites for hydroxylation is 1. The normalized spacial score (nSPS) is 13.5. The van der Waals surface area contributed by atoms with Crippen LogP contribution < -0.4 is 0 Å². The van der Waals surface area contributed by atoms with Gasteiger partial charge in [-0.2, -0.15) is 0 Å². The SMILES string of the molecule is CCOC(=O)C(CC(=O)/C=C/OC)N([Si](C)(C)C)S(=O)(=O)c1ccc(C)cc1. The molecule has 0 N–H and O–H groups in total. The zero-order valence-electron chi connectivity index (χ0n) is 17.3. The summed E-state index contributed by atoms with van der Waals surface area (Å²) in [6.07, 6.45) is 2.04. The number of allylic oxidation sites excluding steroid dienone is 1. The van der Waals surface area contributed by atoms with E-state index in [-0.39, 0.29) is 17.9 Å². The van der Waals surface area contributed by atoms with Gasteiger partial charge in [-0.3, -0.25) is 9.59 Å². The molecule has 0 saturated heterocycles. The third-order valence-corrected chi connectivity index (χ3v) is 9.50. The van der Waals surface area contributed by atoms with E-state index < -0.39 is 36.1 Å². The van der Waals surface area contributed by atoms with E-state index in [1.54, 1.807) is 38.7 Å². The molecule has 28 heavy (non-hydrogen) atoms. The predicted molar refractivity (Wildman–Crippen MR) is 110 cm³/mol. The number of esters is 1. The van der Waals surface area contributed by atoms with Crippen LogP contribution in [0.4, 0.5) is 0 Å². The summed E-state index contributed by atoms with van der Waals surface area (Å²) >= 11 is 0. The highest BCUT2D eigenvalue weighted by Crippen LogP contribution is 2.28. The van der Waals surface area contributed by atoms with Crippen molar-refractivity contribution in [2.24, 2.45) is 0 Å². The summed E-state index contributed by atoms with van der Waals surface area (Å²) in [5.74, 6) is -1.16. The third kappa shape index (κ3) is 6.28. The monoisotopic (exact) mass is 427 g/mol. The first-order valence-electron chi connectivity index (χ1n) is 8.95. The zero-order chi connectivity index (χ0) is 21.5. The molecule has 0 saturated carbocycles. The summed E-state index contributed by atoms with van der Waals surface area (Å²) in [5, 5.41) is 0. The maximum absolute atomic E-state index is 13.4. The minimum atomic E-state index is -4.02. The van der Waals surface area contributed by atoms with Crippen LogP contribution >= 0.6 is 0 Å². The number of rotatable bonds is 10. The molecule has 1 rings (SSSR count). The molecule has 156 valence electrons. The molecule has 0 radical (unpaired) electrons. The minimum absolute atomic E-state index is 0.0784. The van der Waals surface area contributed by atoms with Crippen LogP contribution in [0.1, 0.15) is 18.9 Å². The molecule has 1 atom stereocenters. The number of ketones is 1. The quantitative estimate of drug-likeness (QED) is 0.247. The van der Waals surface area contributed by atoms with E-state index in [1.165, 1.54) is 35.6 Å². The molecule has 0 fully saturated rings. The number of benzene rings is 1. The van der Waals surface area contributed by atoms with Crippen LogP contribution in [0.3, 0.4) is 0 Å². The van der Waals surface area contributed by atoms with E-state index in [9.17, 15) is 18.0 Å². The molecule has 1 unspecified atom stereocenters. The third-order valence-electron chi connectivity index (χ3n) is 3.87. The fourth-order valence-corrected chi connectivity index (χ4v) is 8.26. The Hall–Kier alpha value is -1.97. The lowest BCUT2D eigenvalue weighted by atomic mass is 10.1. The van der Waals surface area contributed by atoms with Crippen molar-refractivity contribution in [3.63, 3.8) is 0 Å². The van der Waals surface area contributed by atoms with Gasteiger partial charge in [0, 0.05) is 12.5 Å². The molecule has 1 aromatic carbocycles. The first-order chi connectivity index (χ1) is 12.9. The first-order valence-corrected chi connectivity index (χ1v) is 13.8. The number of carbonyl (C=O) groups is 2. The zero-order valence-corrected chi connectivity index (χ0v) is 19.1. The summed E-state index contributed by atoms with van der Waals surface area (Å²) in [7, 11) is -5.26. The fourth-order valence-electron chi connectivity index (χ4n) is 2.72.